The van der Waals surface area contributed by atoms with Crippen molar-refractivity contribution in [3.63, 3.8) is 0 Å². The highest BCUT2D eigenvalue weighted by Gasteiger charge is 2.15. The van der Waals surface area contributed by atoms with E-state index in [-0.39, 0.29) is 11.5 Å². The number of halogens is 1. The maximum atomic E-state index is 10.1. The van der Waals surface area contributed by atoms with Gasteiger partial charge in [0.05, 0.1) is 0 Å². The molecule has 0 atom stereocenters. The van der Waals surface area contributed by atoms with Gasteiger partial charge in [0.2, 0.25) is 0 Å². The van der Waals surface area contributed by atoms with Gasteiger partial charge >= 0.3 is 0 Å². The standard InChI is InChI=1S/C14H19ClO2/c1-8(7-15)5-6-12-11(4)13(16)9(2)10(3)14(12)17/h5,16-17H,6-7H2,1-4H3/b8-5+. The average Bonchev–Trinajstić information content (AvgIpc) is 2.33. The van der Waals surface area contributed by atoms with Crippen molar-refractivity contribution in [2.24, 2.45) is 0 Å². The lowest BCUT2D eigenvalue weighted by Gasteiger charge is -2.15. The zero-order valence-corrected chi connectivity index (χ0v) is 11.5. The summed E-state index contributed by atoms with van der Waals surface area (Å²) in [6, 6.07) is 0. The van der Waals surface area contributed by atoms with Crippen LogP contribution in [0.15, 0.2) is 11.6 Å². The zero-order valence-electron chi connectivity index (χ0n) is 10.8. The molecule has 1 rings (SSSR count). The third kappa shape index (κ3) is 2.75. The molecule has 2 N–H and O–H groups in total. The molecule has 0 bridgehead atoms. The van der Waals surface area contributed by atoms with Crippen molar-refractivity contribution in [2.75, 3.05) is 5.88 Å². The van der Waals surface area contributed by atoms with Crippen LogP contribution in [0, 0.1) is 20.8 Å². The fourth-order valence-electron chi connectivity index (χ4n) is 1.76. The SMILES string of the molecule is C/C(=C\Cc1c(C)c(O)c(C)c(C)c1O)CCl. The predicted octanol–water partition coefficient (Wildman–Crippen LogP) is 3.75. The third-order valence-corrected chi connectivity index (χ3v) is 3.65. The molecule has 3 heteroatoms. The van der Waals surface area contributed by atoms with Gasteiger partial charge in [0.1, 0.15) is 11.5 Å². The molecule has 0 aliphatic carbocycles. The van der Waals surface area contributed by atoms with Gasteiger partial charge in [-0.2, -0.15) is 0 Å². The third-order valence-electron chi connectivity index (χ3n) is 3.23. The summed E-state index contributed by atoms with van der Waals surface area (Å²) in [7, 11) is 0. The number of hydrogen-bond acceptors (Lipinski definition) is 2. The fourth-order valence-corrected chi connectivity index (χ4v) is 1.87. The van der Waals surface area contributed by atoms with Crippen LogP contribution in [0.2, 0.25) is 0 Å². The monoisotopic (exact) mass is 254 g/mol. The first-order chi connectivity index (χ1) is 7.90. The van der Waals surface area contributed by atoms with Crippen LogP contribution in [0.25, 0.3) is 0 Å². The second kappa shape index (κ2) is 5.46. The summed E-state index contributed by atoms with van der Waals surface area (Å²) < 4.78 is 0. The molecular formula is C14H19ClO2. The van der Waals surface area contributed by atoms with Crippen molar-refractivity contribution < 1.29 is 10.2 Å². The van der Waals surface area contributed by atoms with Crippen LogP contribution < -0.4 is 0 Å². The predicted molar refractivity (Wildman–Crippen MR) is 72.2 cm³/mol. The molecule has 0 heterocycles. The maximum Gasteiger partial charge on any atom is 0.122 e. The van der Waals surface area contributed by atoms with E-state index >= 15 is 0 Å². The Labute approximate surface area is 108 Å². The number of phenols is 2. The highest BCUT2D eigenvalue weighted by atomic mass is 35.5. The molecule has 1 aromatic rings. The Morgan fingerprint density at radius 1 is 1.06 bits per heavy atom. The van der Waals surface area contributed by atoms with Gasteiger partial charge in [-0.25, -0.2) is 0 Å². The minimum atomic E-state index is 0.271. The molecule has 0 radical (unpaired) electrons. The van der Waals surface area contributed by atoms with Gasteiger partial charge in [0.15, 0.2) is 0 Å². The molecule has 0 unspecified atom stereocenters. The summed E-state index contributed by atoms with van der Waals surface area (Å²) in [6.07, 6.45) is 2.56. The molecule has 0 aliphatic rings. The summed E-state index contributed by atoms with van der Waals surface area (Å²) in [5.74, 6) is 1.03. The number of aromatic hydroxyl groups is 2. The number of phenolic OH excluding ortho intramolecular Hbond substituents is 2. The minimum absolute atomic E-state index is 0.271. The minimum Gasteiger partial charge on any atom is -0.507 e. The van der Waals surface area contributed by atoms with E-state index in [0.29, 0.717) is 12.3 Å². The highest BCUT2D eigenvalue weighted by molar-refractivity contribution is 6.19. The summed E-state index contributed by atoms with van der Waals surface area (Å²) in [4.78, 5) is 0. The molecule has 0 spiro atoms. The van der Waals surface area contributed by atoms with Gasteiger partial charge < -0.3 is 10.2 Å². The van der Waals surface area contributed by atoms with Crippen LogP contribution in [-0.2, 0) is 6.42 Å². The van der Waals surface area contributed by atoms with Crippen molar-refractivity contribution in [1.29, 1.82) is 0 Å². The first-order valence-electron chi connectivity index (χ1n) is 5.62. The Bertz CT molecular complexity index is 433. The first kappa shape index (κ1) is 13.9. The molecule has 0 saturated heterocycles. The molecule has 0 aromatic heterocycles. The Morgan fingerprint density at radius 2 is 1.59 bits per heavy atom. The molecule has 1 aromatic carbocycles. The Morgan fingerprint density at radius 3 is 2.12 bits per heavy atom. The van der Waals surface area contributed by atoms with Gasteiger partial charge in [-0.3, -0.25) is 0 Å². The fraction of sp³-hybridized carbons (Fsp3) is 0.429. The van der Waals surface area contributed by atoms with E-state index in [1.165, 1.54) is 0 Å². The van der Waals surface area contributed by atoms with Gasteiger partial charge in [0.25, 0.3) is 0 Å². The van der Waals surface area contributed by atoms with E-state index in [0.717, 1.165) is 27.8 Å². The molecule has 0 aliphatic heterocycles. The van der Waals surface area contributed by atoms with Crippen LogP contribution in [0.3, 0.4) is 0 Å². The lowest BCUT2D eigenvalue weighted by Crippen LogP contribution is -1.96. The zero-order chi connectivity index (χ0) is 13.2. The Kier molecular flexibility index (Phi) is 4.47. The normalized spacial score (nSPS) is 11.9. The molecule has 2 nitrogen and oxygen atoms in total. The van der Waals surface area contributed by atoms with Gasteiger partial charge in [-0.05, 0) is 50.8 Å². The van der Waals surface area contributed by atoms with Crippen molar-refractivity contribution in [3.05, 3.63) is 33.9 Å². The second-order valence-electron chi connectivity index (χ2n) is 4.44. The van der Waals surface area contributed by atoms with E-state index in [2.05, 4.69) is 0 Å². The van der Waals surface area contributed by atoms with E-state index in [4.69, 9.17) is 11.6 Å². The molecule has 17 heavy (non-hydrogen) atoms. The first-order valence-corrected chi connectivity index (χ1v) is 6.15. The van der Waals surface area contributed by atoms with Crippen LogP contribution >= 0.6 is 11.6 Å². The molecule has 94 valence electrons. The number of benzene rings is 1. The van der Waals surface area contributed by atoms with Crippen LogP contribution in [0.4, 0.5) is 0 Å². The van der Waals surface area contributed by atoms with Crippen molar-refractivity contribution in [3.8, 4) is 11.5 Å². The Hall–Kier alpha value is -1.15. The largest absolute Gasteiger partial charge is 0.507 e. The van der Waals surface area contributed by atoms with Crippen molar-refractivity contribution in [2.45, 2.75) is 34.1 Å². The average molecular weight is 255 g/mol. The van der Waals surface area contributed by atoms with Crippen molar-refractivity contribution >= 4 is 11.6 Å². The Balaban J connectivity index is 3.25. The van der Waals surface area contributed by atoms with Gasteiger partial charge in [-0.15, -0.1) is 11.6 Å². The number of rotatable bonds is 3. The van der Waals surface area contributed by atoms with Gasteiger partial charge in [-0.1, -0.05) is 11.6 Å². The van der Waals surface area contributed by atoms with E-state index in [1.807, 2.05) is 26.8 Å². The summed E-state index contributed by atoms with van der Waals surface area (Å²) in [5.41, 5.74) is 4.05. The van der Waals surface area contributed by atoms with Crippen LogP contribution in [-0.4, -0.2) is 16.1 Å². The van der Waals surface area contributed by atoms with E-state index in [9.17, 15) is 10.2 Å². The maximum absolute atomic E-state index is 10.1. The van der Waals surface area contributed by atoms with Crippen molar-refractivity contribution in [1.82, 2.24) is 0 Å². The number of alkyl halides is 1. The lowest BCUT2D eigenvalue weighted by molar-refractivity contribution is 0.444. The van der Waals surface area contributed by atoms with E-state index < -0.39 is 0 Å². The number of allylic oxidation sites excluding steroid dienone is 2. The van der Waals surface area contributed by atoms with Crippen LogP contribution in [0.1, 0.15) is 29.2 Å². The quantitative estimate of drug-likeness (QED) is 0.490. The molecular weight excluding hydrogens is 236 g/mol. The molecule has 0 amide bonds. The lowest BCUT2D eigenvalue weighted by atomic mass is 9.95. The van der Waals surface area contributed by atoms with Crippen LogP contribution in [0.5, 0.6) is 11.5 Å². The van der Waals surface area contributed by atoms with E-state index in [1.54, 1.807) is 6.92 Å². The smallest absolute Gasteiger partial charge is 0.122 e. The summed E-state index contributed by atoms with van der Waals surface area (Å²) in [6.45, 7) is 7.38. The van der Waals surface area contributed by atoms with Gasteiger partial charge in [0, 0.05) is 11.4 Å². The summed E-state index contributed by atoms with van der Waals surface area (Å²) in [5, 5.41) is 20.1. The topological polar surface area (TPSA) is 40.5 Å². The summed E-state index contributed by atoms with van der Waals surface area (Å²) >= 11 is 5.71. The number of hydrogen-bond donors (Lipinski definition) is 2. The second-order valence-corrected chi connectivity index (χ2v) is 4.71. The molecule has 0 fully saturated rings. The highest BCUT2D eigenvalue weighted by Crippen LogP contribution is 2.36. The molecule has 0 saturated carbocycles.